The van der Waals surface area contributed by atoms with E-state index in [1.54, 1.807) is 0 Å². The first kappa shape index (κ1) is 11.5. The zero-order valence-electron chi connectivity index (χ0n) is 10.2. The molecule has 0 aliphatic carbocycles. The minimum absolute atomic E-state index is 0.459. The van der Waals surface area contributed by atoms with Crippen molar-refractivity contribution in [3.63, 3.8) is 0 Å². The summed E-state index contributed by atoms with van der Waals surface area (Å²) in [6.45, 7) is 6.03. The summed E-state index contributed by atoms with van der Waals surface area (Å²) in [5.74, 6) is 0. The van der Waals surface area contributed by atoms with Crippen molar-refractivity contribution in [3.05, 3.63) is 29.8 Å². The maximum absolute atomic E-state index is 9.91. The molecule has 0 radical (unpaired) electrons. The van der Waals surface area contributed by atoms with E-state index in [2.05, 4.69) is 36.1 Å². The van der Waals surface area contributed by atoms with Gasteiger partial charge in [-0.2, -0.15) is 0 Å². The van der Waals surface area contributed by atoms with Crippen LogP contribution in [0, 0.1) is 0 Å². The normalized spacial score (nSPS) is 19.8. The molecule has 2 rings (SSSR count). The van der Waals surface area contributed by atoms with Gasteiger partial charge in [-0.25, -0.2) is 0 Å². The average Bonchev–Trinajstić information content (AvgIpc) is 2.29. The van der Waals surface area contributed by atoms with E-state index in [0.29, 0.717) is 0 Å². The molecule has 0 bridgehead atoms. The van der Waals surface area contributed by atoms with Crippen molar-refractivity contribution in [1.82, 2.24) is 0 Å². The molecule has 88 valence electrons. The van der Waals surface area contributed by atoms with E-state index in [9.17, 15) is 5.11 Å². The summed E-state index contributed by atoms with van der Waals surface area (Å²) < 4.78 is 0. The van der Waals surface area contributed by atoms with Crippen molar-refractivity contribution in [3.8, 4) is 0 Å². The molecule has 1 N–H and O–H groups in total. The number of aryl methyl sites for hydroxylation is 1. The molecule has 16 heavy (non-hydrogen) atoms. The van der Waals surface area contributed by atoms with Gasteiger partial charge in [-0.15, -0.1) is 0 Å². The van der Waals surface area contributed by atoms with Crippen molar-refractivity contribution >= 4 is 5.69 Å². The summed E-state index contributed by atoms with van der Waals surface area (Å²) in [5, 5.41) is 9.91. The van der Waals surface area contributed by atoms with Gasteiger partial charge in [0, 0.05) is 18.8 Å². The van der Waals surface area contributed by atoms with Crippen LogP contribution < -0.4 is 4.90 Å². The van der Waals surface area contributed by atoms with Crippen LogP contribution in [-0.4, -0.2) is 23.8 Å². The Kier molecular flexibility index (Phi) is 3.20. The van der Waals surface area contributed by atoms with Gasteiger partial charge in [0.1, 0.15) is 0 Å². The smallest absolute Gasteiger partial charge is 0.0653 e. The van der Waals surface area contributed by atoms with Crippen molar-refractivity contribution in [2.75, 3.05) is 18.0 Å². The molecule has 0 atom stereocenters. The number of anilines is 1. The molecule has 1 aliphatic rings. The second-order valence-corrected chi connectivity index (χ2v) is 5.01. The third kappa shape index (κ3) is 2.56. The van der Waals surface area contributed by atoms with Gasteiger partial charge in [-0.3, -0.25) is 0 Å². The molecule has 1 aromatic carbocycles. The zero-order valence-corrected chi connectivity index (χ0v) is 10.2. The fraction of sp³-hybridized carbons (Fsp3) is 0.571. The molecular weight excluding hydrogens is 198 g/mol. The minimum Gasteiger partial charge on any atom is -0.390 e. The highest BCUT2D eigenvalue weighted by Gasteiger charge is 2.27. The maximum Gasteiger partial charge on any atom is 0.0653 e. The summed E-state index contributed by atoms with van der Waals surface area (Å²) in [6, 6.07) is 8.73. The van der Waals surface area contributed by atoms with Crippen LogP contribution in [0.15, 0.2) is 24.3 Å². The van der Waals surface area contributed by atoms with Gasteiger partial charge < -0.3 is 10.0 Å². The third-order valence-electron chi connectivity index (χ3n) is 3.52. The van der Waals surface area contributed by atoms with Crippen LogP contribution in [0.4, 0.5) is 5.69 Å². The van der Waals surface area contributed by atoms with Crippen molar-refractivity contribution in [2.24, 2.45) is 0 Å². The second-order valence-electron chi connectivity index (χ2n) is 5.01. The third-order valence-corrected chi connectivity index (χ3v) is 3.52. The number of nitrogens with zero attached hydrogens (tertiary/aromatic N) is 1. The fourth-order valence-corrected chi connectivity index (χ4v) is 2.22. The van der Waals surface area contributed by atoms with E-state index in [-0.39, 0.29) is 0 Å². The molecule has 0 spiro atoms. The molecule has 0 aromatic heterocycles. The van der Waals surface area contributed by atoms with Gasteiger partial charge in [0.25, 0.3) is 0 Å². The van der Waals surface area contributed by atoms with Crippen LogP contribution >= 0.6 is 0 Å². The van der Waals surface area contributed by atoms with Crippen LogP contribution in [0.25, 0.3) is 0 Å². The van der Waals surface area contributed by atoms with Crippen LogP contribution in [0.2, 0.25) is 0 Å². The maximum atomic E-state index is 9.91. The van der Waals surface area contributed by atoms with E-state index in [1.807, 2.05) is 6.92 Å². The van der Waals surface area contributed by atoms with Crippen LogP contribution in [-0.2, 0) is 6.42 Å². The first-order chi connectivity index (χ1) is 7.61. The Morgan fingerprint density at radius 3 is 2.62 bits per heavy atom. The van der Waals surface area contributed by atoms with E-state index < -0.39 is 5.60 Å². The number of aliphatic hydroxyl groups is 1. The Morgan fingerprint density at radius 2 is 2.00 bits per heavy atom. The molecular formula is C14H21NO. The SMILES string of the molecule is CCc1cccc(N2CCC(C)(O)CC2)c1. The number of hydrogen-bond acceptors (Lipinski definition) is 2. The summed E-state index contributed by atoms with van der Waals surface area (Å²) in [7, 11) is 0. The van der Waals surface area contributed by atoms with Gasteiger partial charge in [0.2, 0.25) is 0 Å². The van der Waals surface area contributed by atoms with Crippen molar-refractivity contribution < 1.29 is 5.11 Å². The standard InChI is InChI=1S/C14H21NO/c1-3-12-5-4-6-13(11-12)15-9-7-14(2,16)8-10-15/h4-6,11,16H,3,7-10H2,1-2H3. The lowest BCUT2D eigenvalue weighted by molar-refractivity contribution is 0.0351. The van der Waals surface area contributed by atoms with E-state index >= 15 is 0 Å². The van der Waals surface area contributed by atoms with Gasteiger partial charge >= 0.3 is 0 Å². The fourth-order valence-electron chi connectivity index (χ4n) is 2.22. The first-order valence-corrected chi connectivity index (χ1v) is 6.17. The van der Waals surface area contributed by atoms with Gasteiger partial charge in [-0.05, 0) is 43.9 Å². The highest BCUT2D eigenvalue weighted by atomic mass is 16.3. The Labute approximate surface area is 97.9 Å². The van der Waals surface area contributed by atoms with Gasteiger partial charge in [0.15, 0.2) is 0 Å². The Balaban J connectivity index is 2.08. The van der Waals surface area contributed by atoms with Crippen LogP contribution in [0.5, 0.6) is 0 Å². The Morgan fingerprint density at radius 1 is 1.31 bits per heavy atom. The lowest BCUT2D eigenvalue weighted by Crippen LogP contribution is -2.42. The number of hydrogen-bond donors (Lipinski definition) is 1. The monoisotopic (exact) mass is 219 g/mol. The van der Waals surface area contributed by atoms with E-state index in [1.165, 1.54) is 11.3 Å². The topological polar surface area (TPSA) is 23.5 Å². The molecule has 0 saturated carbocycles. The molecule has 0 unspecified atom stereocenters. The van der Waals surface area contributed by atoms with E-state index in [0.717, 1.165) is 32.4 Å². The second kappa shape index (κ2) is 4.46. The zero-order chi connectivity index (χ0) is 11.6. The van der Waals surface area contributed by atoms with Gasteiger partial charge in [0.05, 0.1) is 5.60 Å². The predicted molar refractivity (Wildman–Crippen MR) is 67.9 cm³/mol. The predicted octanol–water partition coefficient (Wildman–Crippen LogP) is 2.60. The average molecular weight is 219 g/mol. The lowest BCUT2D eigenvalue weighted by atomic mass is 9.93. The summed E-state index contributed by atoms with van der Waals surface area (Å²) >= 11 is 0. The molecule has 1 aromatic rings. The van der Waals surface area contributed by atoms with Crippen LogP contribution in [0.3, 0.4) is 0 Å². The molecule has 1 aliphatic heterocycles. The number of benzene rings is 1. The van der Waals surface area contributed by atoms with Crippen LogP contribution in [0.1, 0.15) is 32.3 Å². The first-order valence-electron chi connectivity index (χ1n) is 6.17. The Hall–Kier alpha value is -1.02. The number of rotatable bonds is 2. The molecule has 0 amide bonds. The Bertz CT molecular complexity index is 350. The highest BCUT2D eigenvalue weighted by molar-refractivity contribution is 5.49. The molecule has 1 fully saturated rings. The lowest BCUT2D eigenvalue weighted by Gasteiger charge is -2.37. The molecule has 2 heteroatoms. The summed E-state index contributed by atoms with van der Waals surface area (Å²) in [6.07, 6.45) is 2.81. The molecule has 1 heterocycles. The van der Waals surface area contributed by atoms with Gasteiger partial charge in [-0.1, -0.05) is 19.1 Å². The van der Waals surface area contributed by atoms with Crippen molar-refractivity contribution in [2.45, 2.75) is 38.7 Å². The largest absolute Gasteiger partial charge is 0.390 e. The summed E-state index contributed by atoms with van der Waals surface area (Å²) in [5.41, 5.74) is 2.23. The number of piperidine rings is 1. The quantitative estimate of drug-likeness (QED) is 0.826. The molecule has 1 saturated heterocycles. The molecule has 2 nitrogen and oxygen atoms in total. The minimum atomic E-state index is -0.459. The summed E-state index contributed by atoms with van der Waals surface area (Å²) in [4.78, 5) is 2.37. The van der Waals surface area contributed by atoms with Crippen molar-refractivity contribution in [1.29, 1.82) is 0 Å². The van der Waals surface area contributed by atoms with E-state index in [4.69, 9.17) is 0 Å². The highest BCUT2D eigenvalue weighted by Crippen LogP contribution is 2.26.